The fourth-order valence-electron chi connectivity index (χ4n) is 7.14. The van der Waals surface area contributed by atoms with Gasteiger partial charge in [-0.1, -0.05) is 109 Å². The molecule has 0 N–H and O–H groups in total. The number of fused-ring (bicyclic) bond motifs is 9. The molecule has 0 aliphatic carbocycles. The predicted molar refractivity (Wildman–Crippen MR) is 211 cm³/mol. The molecule has 0 atom stereocenters. The summed E-state index contributed by atoms with van der Waals surface area (Å²) in [7, 11) is 0. The molecule has 0 amide bonds. The van der Waals surface area contributed by atoms with Crippen molar-refractivity contribution in [3.8, 4) is 39.9 Å². The zero-order chi connectivity index (χ0) is 37.8. The highest BCUT2D eigenvalue weighted by Gasteiger charge is 2.19. The van der Waals surface area contributed by atoms with E-state index in [9.17, 15) is 5.48 Å². The zero-order valence-corrected chi connectivity index (χ0v) is 27.5. The molecule has 4 aromatic heterocycles. The Kier molecular flexibility index (Phi) is 5.08. The minimum atomic E-state index is -0.254. The largest absolute Gasteiger partial charge is 0.456 e. The van der Waals surface area contributed by atoms with Crippen LogP contribution in [0.3, 0.4) is 0 Å². The van der Waals surface area contributed by atoms with Crippen molar-refractivity contribution >= 4 is 75.3 Å². The summed E-state index contributed by atoms with van der Waals surface area (Å²) in [5.74, 6) is 0.805. The summed E-state index contributed by atoms with van der Waals surface area (Å²) < 4.78 is 57.2. The fraction of sp³-hybridized carbons (Fsp3) is 0. The molecule has 0 bridgehead atoms. The van der Waals surface area contributed by atoms with Crippen molar-refractivity contribution in [3.63, 3.8) is 0 Å². The number of hydrogen-bond donors (Lipinski definition) is 0. The predicted octanol–water partition coefficient (Wildman–Crippen LogP) is 12.2. The minimum absolute atomic E-state index is 0.0286. The number of para-hydroxylation sites is 2. The van der Waals surface area contributed by atoms with Crippen LogP contribution in [-0.2, 0) is 0 Å². The topological polar surface area (TPSA) is 56.7 Å². The molecule has 11 aromatic rings. The van der Waals surface area contributed by atoms with E-state index in [2.05, 4.69) is 24.3 Å². The lowest BCUT2D eigenvalue weighted by Crippen LogP contribution is -2.00. The Morgan fingerprint density at radius 2 is 1.16 bits per heavy atom. The Balaban J connectivity index is 1.18. The van der Waals surface area contributed by atoms with E-state index in [1.165, 1.54) is 16.2 Å². The Bertz CT molecular complexity index is 3390. The number of hydrogen-bond acceptors (Lipinski definition) is 5. The van der Waals surface area contributed by atoms with Crippen molar-refractivity contribution in [2.75, 3.05) is 0 Å². The molecule has 6 heteroatoms. The summed E-state index contributed by atoms with van der Waals surface area (Å²) >= 11 is 1.69. The molecule has 0 spiro atoms. The zero-order valence-electron chi connectivity index (χ0n) is 31.7. The third-order valence-corrected chi connectivity index (χ3v) is 10.6. The summed E-state index contributed by atoms with van der Waals surface area (Å²) in [5, 5.41) is 4.87. The van der Waals surface area contributed by atoms with Gasteiger partial charge in [-0.05, 0) is 48.5 Å². The Labute approximate surface area is 302 Å². The molecule has 0 aliphatic heterocycles. The van der Waals surface area contributed by atoms with E-state index >= 15 is 0 Å². The molecule has 0 saturated heterocycles. The number of benzene rings is 7. The SMILES string of the molecule is [2H]c1cc2oc3c([2H])c(-c4nc(-c5ccccc5)nc(-c5ccc6c(c5)sc5ccccc56)n4)c([2H])c([2H])c3c2c(-n2c3ccccc3c3ccccc32)c1[2H]. The lowest BCUT2D eigenvalue weighted by atomic mass is 10.1. The van der Waals surface area contributed by atoms with Crippen LogP contribution < -0.4 is 0 Å². The standard InChI is InChI=1S/C45H26N4OS/c1-2-11-27(12-3-1)43-46-44(48-45(47-43)29-21-23-33-32-15-6-9-20-40(32)51-41(33)26-29)28-22-24-34-39(25-28)50-38-19-10-18-37(42(34)38)49-35-16-7-4-13-30(35)31-14-5-8-17-36(31)49/h1-26H/i10D,18D,22D,24D,25D. The molecular weight excluding hydrogens is 645 g/mol. The van der Waals surface area contributed by atoms with Crippen molar-refractivity contribution in [2.24, 2.45) is 0 Å². The molecule has 11 rings (SSSR count). The Morgan fingerprint density at radius 3 is 1.94 bits per heavy atom. The average molecular weight is 676 g/mol. The van der Waals surface area contributed by atoms with Crippen LogP contribution in [0.15, 0.2) is 162 Å². The molecule has 7 aromatic carbocycles. The number of rotatable bonds is 4. The Morgan fingerprint density at radius 1 is 0.510 bits per heavy atom. The van der Waals surface area contributed by atoms with Crippen molar-refractivity contribution < 1.29 is 11.3 Å². The second-order valence-corrected chi connectivity index (χ2v) is 13.5. The number of furan rings is 1. The molecule has 238 valence electrons. The smallest absolute Gasteiger partial charge is 0.164 e. The third-order valence-electron chi connectivity index (χ3n) is 9.45. The monoisotopic (exact) mass is 675 g/mol. The summed E-state index contributed by atoms with van der Waals surface area (Å²) in [6, 6.07) is 40.3. The van der Waals surface area contributed by atoms with Gasteiger partial charge in [-0.3, -0.25) is 0 Å². The number of aromatic nitrogens is 4. The van der Waals surface area contributed by atoms with Gasteiger partial charge in [-0.15, -0.1) is 11.3 Å². The highest BCUT2D eigenvalue weighted by atomic mass is 32.1. The van der Waals surface area contributed by atoms with Crippen molar-refractivity contribution in [3.05, 3.63) is 158 Å². The van der Waals surface area contributed by atoms with E-state index < -0.39 is 0 Å². The molecule has 51 heavy (non-hydrogen) atoms. The van der Waals surface area contributed by atoms with Gasteiger partial charge in [0.15, 0.2) is 17.5 Å². The van der Waals surface area contributed by atoms with E-state index in [0.29, 0.717) is 22.7 Å². The molecule has 5 nitrogen and oxygen atoms in total. The van der Waals surface area contributed by atoms with E-state index in [4.69, 9.17) is 20.7 Å². The molecule has 0 aliphatic rings. The van der Waals surface area contributed by atoms with E-state index in [1.807, 2.05) is 102 Å². The van der Waals surface area contributed by atoms with Gasteiger partial charge in [-0.25, -0.2) is 15.0 Å². The summed E-state index contributed by atoms with van der Waals surface area (Å²) in [6.45, 7) is 0. The van der Waals surface area contributed by atoms with Crippen LogP contribution >= 0.6 is 11.3 Å². The summed E-state index contributed by atoms with van der Waals surface area (Å²) in [6.07, 6.45) is 0. The first-order valence-electron chi connectivity index (χ1n) is 19.0. The Hall–Kier alpha value is -6.63. The maximum atomic E-state index is 9.59. The summed E-state index contributed by atoms with van der Waals surface area (Å²) in [5.41, 5.74) is 3.81. The fourth-order valence-corrected chi connectivity index (χ4v) is 8.28. The molecule has 0 radical (unpaired) electrons. The highest BCUT2D eigenvalue weighted by molar-refractivity contribution is 7.25. The van der Waals surface area contributed by atoms with Crippen LogP contribution in [0.2, 0.25) is 0 Å². The lowest BCUT2D eigenvalue weighted by Gasteiger charge is -2.10. The van der Waals surface area contributed by atoms with E-state index in [-0.39, 0.29) is 58.2 Å². The van der Waals surface area contributed by atoms with Gasteiger partial charge in [0.1, 0.15) is 11.2 Å². The first-order chi connectivity index (χ1) is 27.4. The van der Waals surface area contributed by atoms with Crippen LogP contribution in [0.1, 0.15) is 6.85 Å². The average Bonchev–Trinajstić information content (AvgIpc) is 3.91. The van der Waals surface area contributed by atoms with Gasteiger partial charge in [0.2, 0.25) is 0 Å². The summed E-state index contributed by atoms with van der Waals surface area (Å²) in [4.78, 5) is 14.6. The van der Waals surface area contributed by atoms with Gasteiger partial charge < -0.3 is 8.98 Å². The lowest BCUT2D eigenvalue weighted by molar-refractivity contribution is 0.669. The maximum absolute atomic E-state index is 9.59. The first kappa shape index (κ1) is 23.7. The van der Waals surface area contributed by atoms with Crippen LogP contribution in [0.5, 0.6) is 0 Å². The second kappa shape index (κ2) is 10.9. The molecular formula is C45H26N4OS. The molecule has 0 fully saturated rings. The van der Waals surface area contributed by atoms with Gasteiger partial charge in [0.25, 0.3) is 0 Å². The van der Waals surface area contributed by atoms with Gasteiger partial charge in [-0.2, -0.15) is 0 Å². The molecule has 0 saturated carbocycles. The second-order valence-electron chi connectivity index (χ2n) is 12.4. The number of nitrogens with zero attached hydrogens (tertiary/aromatic N) is 4. The van der Waals surface area contributed by atoms with Crippen LogP contribution in [0, 0.1) is 0 Å². The van der Waals surface area contributed by atoms with Crippen molar-refractivity contribution in [2.45, 2.75) is 0 Å². The van der Waals surface area contributed by atoms with Gasteiger partial charge in [0.05, 0.1) is 29.0 Å². The van der Waals surface area contributed by atoms with E-state index in [0.717, 1.165) is 43.0 Å². The normalized spacial score (nSPS) is 13.3. The van der Waals surface area contributed by atoms with Crippen LogP contribution in [0.25, 0.3) is 104 Å². The third kappa shape index (κ3) is 4.37. The molecule has 4 heterocycles. The van der Waals surface area contributed by atoms with Gasteiger partial charge in [0, 0.05) is 53.0 Å². The van der Waals surface area contributed by atoms with Crippen molar-refractivity contribution in [1.29, 1.82) is 0 Å². The minimum Gasteiger partial charge on any atom is -0.456 e. The quantitative estimate of drug-likeness (QED) is 0.186. The van der Waals surface area contributed by atoms with Crippen molar-refractivity contribution in [1.82, 2.24) is 19.5 Å². The highest BCUT2D eigenvalue weighted by Crippen LogP contribution is 2.40. The van der Waals surface area contributed by atoms with Crippen LogP contribution in [0.4, 0.5) is 0 Å². The number of thiophene rings is 1. The first-order valence-corrected chi connectivity index (χ1v) is 17.4. The molecule has 0 unspecified atom stereocenters. The maximum Gasteiger partial charge on any atom is 0.164 e. The van der Waals surface area contributed by atoms with Crippen LogP contribution in [-0.4, -0.2) is 19.5 Å². The van der Waals surface area contributed by atoms with Gasteiger partial charge >= 0.3 is 0 Å². The van der Waals surface area contributed by atoms with E-state index in [1.54, 1.807) is 11.3 Å².